The SMILES string of the molecule is O=C(O)CNc1ccc(O)cc1.[KH]. The van der Waals surface area contributed by atoms with Crippen molar-refractivity contribution < 1.29 is 15.0 Å². The number of hydrogen-bond donors (Lipinski definition) is 3. The van der Waals surface area contributed by atoms with E-state index >= 15 is 0 Å². The Kier molecular flexibility index (Phi) is 6.35. The molecule has 0 aliphatic heterocycles. The normalized spacial score (nSPS) is 8.62. The number of nitrogens with one attached hydrogen (secondary N) is 1. The van der Waals surface area contributed by atoms with Crippen LogP contribution in [0, 0.1) is 0 Å². The summed E-state index contributed by atoms with van der Waals surface area (Å²) in [5.74, 6) is -0.751. The Bertz CT molecular complexity index is 273. The molecular formula is C8H10KNO3. The average Bonchev–Trinajstić information content (AvgIpc) is 2.03. The van der Waals surface area contributed by atoms with Crippen LogP contribution in [0.25, 0.3) is 0 Å². The Morgan fingerprint density at radius 2 is 1.85 bits per heavy atom. The second-order valence-electron chi connectivity index (χ2n) is 2.29. The van der Waals surface area contributed by atoms with E-state index in [4.69, 9.17) is 10.2 Å². The first kappa shape index (κ1) is 12.9. The topological polar surface area (TPSA) is 69.6 Å². The summed E-state index contributed by atoms with van der Waals surface area (Å²) in [5, 5.41) is 19.9. The van der Waals surface area contributed by atoms with Crippen molar-refractivity contribution in [3.05, 3.63) is 24.3 Å². The molecule has 0 atom stereocenters. The van der Waals surface area contributed by atoms with Crippen LogP contribution in [0.15, 0.2) is 24.3 Å². The van der Waals surface area contributed by atoms with Gasteiger partial charge in [0.15, 0.2) is 0 Å². The fourth-order valence-corrected chi connectivity index (χ4v) is 0.757. The molecule has 1 aromatic rings. The maximum atomic E-state index is 10.1. The second-order valence-corrected chi connectivity index (χ2v) is 2.29. The van der Waals surface area contributed by atoms with Gasteiger partial charge < -0.3 is 15.5 Å². The molecular weight excluding hydrogens is 197 g/mol. The van der Waals surface area contributed by atoms with Gasteiger partial charge >= 0.3 is 57.4 Å². The Labute approximate surface area is 118 Å². The molecule has 0 bridgehead atoms. The number of hydrogen-bond acceptors (Lipinski definition) is 3. The van der Waals surface area contributed by atoms with E-state index in [-0.39, 0.29) is 63.7 Å². The van der Waals surface area contributed by atoms with Crippen LogP contribution in [0.5, 0.6) is 5.75 Å². The molecule has 0 aliphatic carbocycles. The van der Waals surface area contributed by atoms with Crippen LogP contribution >= 0.6 is 0 Å². The van der Waals surface area contributed by atoms with Crippen molar-refractivity contribution >= 4 is 63.0 Å². The number of carboxylic acids is 1. The first-order valence-electron chi connectivity index (χ1n) is 3.43. The number of aromatic hydroxyl groups is 1. The fraction of sp³-hybridized carbons (Fsp3) is 0.125. The minimum atomic E-state index is -0.914. The third-order valence-corrected chi connectivity index (χ3v) is 1.31. The van der Waals surface area contributed by atoms with Crippen molar-refractivity contribution in [2.24, 2.45) is 0 Å². The van der Waals surface area contributed by atoms with Crippen LogP contribution in [0.2, 0.25) is 0 Å². The molecule has 66 valence electrons. The van der Waals surface area contributed by atoms with Crippen LogP contribution < -0.4 is 5.32 Å². The van der Waals surface area contributed by atoms with Crippen LogP contribution in [0.4, 0.5) is 5.69 Å². The molecule has 0 saturated carbocycles. The average molecular weight is 207 g/mol. The number of rotatable bonds is 3. The van der Waals surface area contributed by atoms with Gasteiger partial charge in [-0.05, 0) is 24.3 Å². The van der Waals surface area contributed by atoms with Gasteiger partial charge in [-0.25, -0.2) is 0 Å². The number of aliphatic carboxylic acids is 1. The van der Waals surface area contributed by atoms with Crippen molar-refractivity contribution in [2.75, 3.05) is 11.9 Å². The molecule has 0 amide bonds. The number of phenols is 1. The zero-order valence-corrected chi connectivity index (χ0v) is 6.32. The van der Waals surface area contributed by atoms with E-state index in [2.05, 4.69) is 5.32 Å². The van der Waals surface area contributed by atoms with Gasteiger partial charge in [0.25, 0.3) is 0 Å². The predicted octanol–water partition coefficient (Wildman–Crippen LogP) is 0.240. The molecule has 3 N–H and O–H groups in total. The Morgan fingerprint density at radius 3 is 2.31 bits per heavy atom. The maximum absolute atomic E-state index is 10.1. The summed E-state index contributed by atoms with van der Waals surface area (Å²) >= 11 is 0. The van der Waals surface area contributed by atoms with E-state index in [1.54, 1.807) is 12.1 Å². The fourth-order valence-electron chi connectivity index (χ4n) is 0.757. The predicted molar refractivity (Wildman–Crippen MR) is 51.4 cm³/mol. The quantitative estimate of drug-likeness (QED) is 0.490. The monoisotopic (exact) mass is 207 g/mol. The molecule has 0 aromatic heterocycles. The number of phenolic OH excluding ortho intramolecular Hbond substituents is 1. The van der Waals surface area contributed by atoms with Crippen LogP contribution in [-0.4, -0.2) is 74.1 Å². The molecule has 13 heavy (non-hydrogen) atoms. The minimum absolute atomic E-state index is 0. The van der Waals surface area contributed by atoms with Gasteiger partial charge in [0.05, 0.1) is 0 Å². The molecule has 0 unspecified atom stereocenters. The molecule has 5 heteroatoms. The molecule has 4 nitrogen and oxygen atoms in total. The first-order chi connectivity index (χ1) is 5.68. The van der Waals surface area contributed by atoms with E-state index in [0.717, 1.165) is 0 Å². The molecule has 0 radical (unpaired) electrons. The molecule has 0 fully saturated rings. The van der Waals surface area contributed by atoms with Crippen LogP contribution in [-0.2, 0) is 4.79 Å². The molecule has 1 aromatic carbocycles. The third kappa shape index (κ3) is 5.27. The van der Waals surface area contributed by atoms with Crippen molar-refractivity contribution in [1.29, 1.82) is 0 Å². The molecule has 1 rings (SSSR count). The summed E-state index contributed by atoms with van der Waals surface area (Å²) in [6.45, 7) is -0.120. The van der Waals surface area contributed by atoms with Gasteiger partial charge in [-0.1, -0.05) is 0 Å². The zero-order valence-electron chi connectivity index (χ0n) is 6.32. The van der Waals surface area contributed by atoms with E-state index in [1.807, 2.05) is 0 Å². The van der Waals surface area contributed by atoms with Crippen molar-refractivity contribution in [2.45, 2.75) is 0 Å². The van der Waals surface area contributed by atoms with E-state index in [9.17, 15) is 4.79 Å². The standard InChI is InChI=1S/C8H9NO3.K.H/c10-7-3-1-6(2-4-7)9-5-8(11)12;;/h1-4,9-10H,5H2,(H,11,12);;. The van der Waals surface area contributed by atoms with Crippen molar-refractivity contribution in [3.8, 4) is 5.75 Å². The van der Waals surface area contributed by atoms with Gasteiger partial charge in [-0.2, -0.15) is 0 Å². The van der Waals surface area contributed by atoms with Gasteiger partial charge in [0.1, 0.15) is 12.3 Å². The summed E-state index contributed by atoms with van der Waals surface area (Å²) in [6.07, 6.45) is 0. The van der Waals surface area contributed by atoms with E-state index in [1.165, 1.54) is 12.1 Å². The van der Waals surface area contributed by atoms with Gasteiger partial charge in [0.2, 0.25) is 0 Å². The number of anilines is 1. The number of carboxylic acid groups (broad SMARTS) is 1. The van der Waals surface area contributed by atoms with E-state index in [0.29, 0.717) is 5.69 Å². The summed E-state index contributed by atoms with van der Waals surface area (Å²) in [7, 11) is 0. The molecule has 0 heterocycles. The summed E-state index contributed by atoms with van der Waals surface area (Å²) in [5.41, 5.74) is 0.676. The van der Waals surface area contributed by atoms with E-state index < -0.39 is 5.97 Å². The Hall–Kier alpha value is -0.0736. The Morgan fingerprint density at radius 1 is 1.31 bits per heavy atom. The van der Waals surface area contributed by atoms with Crippen LogP contribution in [0.3, 0.4) is 0 Å². The van der Waals surface area contributed by atoms with Gasteiger partial charge in [-0.15, -0.1) is 0 Å². The molecule has 0 spiro atoms. The van der Waals surface area contributed by atoms with Crippen LogP contribution in [0.1, 0.15) is 0 Å². The van der Waals surface area contributed by atoms with Gasteiger partial charge in [-0.3, -0.25) is 4.79 Å². The summed E-state index contributed by atoms with van der Waals surface area (Å²) in [6, 6.07) is 6.20. The van der Waals surface area contributed by atoms with Crippen molar-refractivity contribution in [3.63, 3.8) is 0 Å². The Balaban J connectivity index is 0.00000144. The number of benzene rings is 1. The third-order valence-electron chi connectivity index (χ3n) is 1.31. The number of carbonyl (C=O) groups is 1. The zero-order chi connectivity index (χ0) is 8.97. The molecule has 0 saturated heterocycles. The summed E-state index contributed by atoms with van der Waals surface area (Å²) in [4.78, 5) is 10.1. The second kappa shape index (κ2) is 6.39. The summed E-state index contributed by atoms with van der Waals surface area (Å²) < 4.78 is 0. The first-order valence-corrected chi connectivity index (χ1v) is 3.43. The van der Waals surface area contributed by atoms with Crippen molar-refractivity contribution in [1.82, 2.24) is 0 Å². The molecule has 0 aliphatic rings. The van der Waals surface area contributed by atoms with Gasteiger partial charge in [0, 0.05) is 5.69 Å².